The van der Waals surface area contributed by atoms with Crippen LogP contribution in [0.15, 0.2) is 86.3 Å². The van der Waals surface area contributed by atoms with Crippen LogP contribution in [0.1, 0.15) is 28.4 Å². The SMILES string of the molecule is CCOc1cccc(N2C(=O)C(O)=C(C(=O)c3cc4cc(Br)ccc4o3)C2c2cccs2)c1. The molecule has 1 aliphatic heterocycles. The third-order valence-corrected chi connectivity index (χ3v) is 6.79. The summed E-state index contributed by atoms with van der Waals surface area (Å²) in [4.78, 5) is 29.0. The van der Waals surface area contributed by atoms with Gasteiger partial charge in [-0.3, -0.25) is 14.5 Å². The molecule has 33 heavy (non-hydrogen) atoms. The highest BCUT2D eigenvalue weighted by Crippen LogP contribution is 2.44. The van der Waals surface area contributed by atoms with Gasteiger partial charge in [0.2, 0.25) is 5.78 Å². The standard InChI is InChI=1S/C25H18BrNO5S/c1-2-31-17-6-3-5-16(13-17)27-22(20-7-4-10-33-20)21(24(29)25(27)30)23(28)19-12-14-11-15(26)8-9-18(14)32-19/h3-13,22,29H,2H2,1H3. The first kappa shape index (κ1) is 21.5. The van der Waals surface area contributed by atoms with Gasteiger partial charge >= 0.3 is 0 Å². The lowest BCUT2D eigenvalue weighted by atomic mass is 10.00. The summed E-state index contributed by atoms with van der Waals surface area (Å²) in [6.07, 6.45) is 0. The Balaban J connectivity index is 1.61. The predicted molar refractivity (Wildman–Crippen MR) is 130 cm³/mol. The molecule has 2 aromatic heterocycles. The number of aliphatic hydroxyl groups is 1. The highest BCUT2D eigenvalue weighted by Gasteiger charge is 2.46. The molecule has 0 spiro atoms. The number of benzene rings is 2. The normalized spacial score (nSPS) is 16.1. The van der Waals surface area contributed by atoms with Crippen LogP contribution >= 0.6 is 27.3 Å². The molecule has 1 aliphatic rings. The number of carbonyl (C=O) groups excluding carboxylic acids is 2. The Morgan fingerprint density at radius 3 is 2.79 bits per heavy atom. The molecule has 4 aromatic rings. The van der Waals surface area contributed by atoms with E-state index in [0.717, 1.165) is 14.7 Å². The number of anilines is 1. The summed E-state index contributed by atoms with van der Waals surface area (Å²) in [5.74, 6) is -1.11. The van der Waals surface area contributed by atoms with Crippen LogP contribution in [-0.4, -0.2) is 23.4 Å². The zero-order valence-corrected chi connectivity index (χ0v) is 19.9. The van der Waals surface area contributed by atoms with Gasteiger partial charge in [-0.2, -0.15) is 0 Å². The molecule has 2 aromatic carbocycles. The number of halogens is 1. The molecule has 0 saturated carbocycles. The van der Waals surface area contributed by atoms with Crippen molar-refractivity contribution in [1.29, 1.82) is 0 Å². The number of hydrogen-bond donors (Lipinski definition) is 1. The minimum atomic E-state index is -0.790. The number of Topliss-reactive ketones (excluding diaryl/α,β-unsaturated/α-hetero) is 1. The molecule has 8 heteroatoms. The lowest BCUT2D eigenvalue weighted by Gasteiger charge is -2.26. The highest BCUT2D eigenvalue weighted by molar-refractivity contribution is 9.10. The second kappa shape index (κ2) is 8.53. The molecule has 0 saturated heterocycles. The fourth-order valence-corrected chi connectivity index (χ4v) is 5.17. The average Bonchev–Trinajstić information content (AvgIpc) is 3.52. The van der Waals surface area contributed by atoms with Crippen LogP contribution in [0.4, 0.5) is 5.69 Å². The lowest BCUT2D eigenvalue weighted by Crippen LogP contribution is -2.30. The van der Waals surface area contributed by atoms with Crippen molar-refractivity contribution in [3.05, 3.63) is 92.5 Å². The molecule has 3 heterocycles. The number of thiophene rings is 1. The number of furan rings is 1. The van der Waals surface area contributed by atoms with E-state index >= 15 is 0 Å². The Morgan fingerprint density at radius 2 is 2.03 bits per heavy atom. The molecule has 166 valence electrons. The molecule has 1 unspecified atom stereocenters. The molecular weight excluding hydrogens is 506 g/mol. The van der Waals surface area contributed by atoms with E-state index in [2.05, 4.69) is 15.9 Å². The number of ketones is 1. The van der Waals surface area contributed by atoms with Gasteiger partial charge < -0.3 is 14.3 Å². The van der Waals surface area contributed by atoms with E-state index in [1.165, 1.54) is 16.2 Å². The predicted octanol–water partition coefficient (Wildman–Crippen LogP) is 6.44. The average molecular weight is 524 g/mol. The van der Waals surface area contributed by atoms with Crippen molar-refractivity contribution >= 4 is 55.6 Å². The number of hydrogen-bond acceptors (Lipinski definition) is 6. The molecule has 1 amide bonds. The highest BCUT2D eigenvalue weighted by atomic mass is 79.9. The summed E-state index contributed by atoms with van der Waals surface area (Å²) in [5.41, 5.74) is 1.05. The van der Waals surface area contributed by atoms with Crippen molar-refractivity contribution in [1.82, 2.24) is 0 Å². The molecule has 0 fully saturated rings. The third kappa shape index (κ3) is 3.75. The topological polar surface area (TPSA) is 80.0 Å². The van der Waals surface area contributed by atoms with Gasteiger partial charge in [-0.25, -0.2) is 0 Å². The van der Waals surface area contributed by atoms with Crippen LogP contribution in [0.2, 0.25) is 0 Å². The number of ether oxygens (including phenoxy) is 1. The molecule has 0 bridgehead atoms. The minimum absolute atomic E-state index is 0.0117. The van der Waals surface area contributed by atoms with E-state index in [1.807, 2.05) is 36.6 Å². The Kier molecular flexibility index (Phi) is 5.55. The van der Waals surface area contributed by atoms with Crippen molar-refractivity contribution in [2.75, 3.05) is 11.5 Å². The van der Waals surface area contributed by atoms with Crippen molar-refractivity contribution < 1.29 is 23.8 Å². The van der Waals surface area contributed by atoms with Gasteiger partial charge in [-0.15, -0.1) is 11.3 Å². The molecule has 5 rings (SSSR count). The van der Waals surface area contributed by atoms with Crippen LogP contribution < -0.4 is 9.64 Å². The van der Waals surface area contributed by atoms with E-state index in [1.54, 1.807) is 36.4 Å². The molecule has 0 aliphatic carbocycles. The first-order chi connectivity index (χ1) is 16.0. The van der Waals surface area contributed by atoms with Crippen LogP contribution in [0, 0.1) is 0 Å². The molecule has 0 radical (unpaired) electrons. The second-order valence-electron chi connectivity index (χ2n) is 7.41. The fraction of sp³-hybridized carbons (Fsp3) is 0.120. The van der Waals surface area contributed by atoms with E-state index < -0.39 is 23.5 Å². The van der Waals surface area contributed by atoms with Gasteiger partial charge in [0, 0.05) is 26.5 Å². The first-order valence-electron chi connectivity index (χ1n) is 10.2. The number of nitrogens with zero attached hydrogens (tertiary/aromatic N) is 1. The monoisotopic (exact) mass is 523 g/mol. The number of rotatable bonds is 6. The summed E-state index contributed by atoms with van der Waals surface area (Å²) in [6.45, 7) is 2.35. The zero-order valence-electron chi connectivity index (χ0n) is 17.4. The first-order valence-corrected chi connectivity index (χ1v) is 11.9. The van der Waals surface area contributed by atoms with Gasteiger partial charge in [-0.1, -0.05) is 28.1 Å². The Bertz CT molecular complexity index is 1410. The van der Waals surface area contributed by atoms with Crippen LogP contribution in [0.25, 0.3) is 11.0 Å². The maximum Gasteiger partial charge on any atom is 0.294 e. The Morgan fingerprint density at radius 1 is 1.18 bits per heavy atom. The van der Waals surface area contributed by atoms with E-state index in [-0.39, 0.29) is 11.3 Å². The third-order valence-electron chi connectivity index (χ3n) is 5.37. The quantitative estimate of drug-likeness (QED) is 0.294. The van der Waals surface area contributed by atoms with Crippen LogP contribution in [-0.2, 0) is 4.79 Å². The smallest absolute Gasteiger partial charge is 0.294 e. The fourth-order valence-electron chi connectivity index (χ4n) is 3.97. The van der Waals surface area contributed by atoms with Crippen molar-refractivity contribution in [2.45, 2.75) is 13.0 Å². The van der Waals surface area contributed by atoms with Gasteiger partial charge in [0.15, 0.2) is 11.5 Å². The second-order valence-corrected chi connectivity index (χ2v) is 9.30. The summed E-state index contributed by atoms with van der Waals surface area (Å²) in [7, 11) is 0. The Labute approximate surface area is 201 Å². The number of fused-ring (bicyclic) bond motifs is 1. The molecule has 1 atom stereocenters. The van der Waals surface area contributed by atoms with Crippen LogP contribution in [0.5, 0.6) is 5.75 Å². The Hall–Kier alpha value is -3.36. The lowest BCUT2D eigenvalue weighted by molar-refractivity contribution is -0.117. The van der Waals surface area contributed by atoms with E-state index in [0.29, 0.717) is 23.6 Å². The zero-order chi connectivity index (χ0) is 23.1. The minimum Gasteiger partial charge on any atom is -0.503 e. The maximum atomic E-state index is 13.6. The summed E-state index contributed by atoms with van der Waals surface area (Å²) in [6, 6.07) is 17.0. The van der Waals surface area contributed by atoms with Gasteiger partial charge in [-0.05, 0) is 54.8 Å². The summed E-state index contributed by atoms with van der Waals surface area (Å²) >= 11 is 4.81. The maximum absolute atomic E-state index is 13.6. The van der Waals surface area contributed by atoms with Gasteiger partial charge in [0.25, 0.3) is 5.91 Å². The number of aliphatic hydroxyl groups excluding tert-OH is 1. The molecule has 6 nitrogen and oxygen atoms in total. The molecular formula is C25H18BrNO5S. The number of amides is 1. The van der Waals surface area contributed by atoms with Crippen molar-refractivity contribution in [3.8, 4) is 5.75 Å². The van der Waals surface area contributed by atoms with Gasteiger partial charge in [0.05, 0.1) is 12.2 Å². The number of carbonyl (C=O) groups is 2. The van der Waals surface area contributed by atoms with E-state index in [9.17, 15) is 14.7 Å². The summed E-state index contributed by atoms with van der Waals surface area (Å²) < 4.78 is 12.2. The van der Waals surface area contributed by atoms with Crippen LogP contribution in [0.3, 0.4) is 0 Å². The van der Waals surface area contributed by atoms with Gasteiger partial charge in [0.1, 0.15) is 17.4 Å². The van der Waals surface area contributed by atoms with Crippen molar-refractivity contribution in [2.24, 2.45) is 0 Å². The molecule has 1 N–H and O–H groups in total. The largest absolute Gasteiger partial charge is 0.503 e. The van der Waals surface area contributed by atoms with Crippen molar-refractivity contribution in [3.63, 3.8) is 0 Å². The van der Waals surface area contributed by atoms with E-state index in [4.69, 9.17) is 9.15 Å². The summed E-state index contributed by atoms with van der Waals surface area (Å²) in [5, 5.41) is 13.5.